The highest BCUT2D eigenvalue weighted by atomic mass is 35.5. The Morgan fingerprint density at radius 1 is 1.09 bits per heavy atom. The summed E-state index contributed by atoms with van der Waals surface area (Å²) in [6.45, 7) is 9.12. The Kier molecular flexibility index (Phi) is 5.95. The van der Waals surface area contributed by atoms with Gasteiger partial charge in [0.05, 0.1) is 34.2 Å². The average Bonchev–Trinajstić information content (AvgIpc) is 3.31. The molecule has 0 bridgehead atoms. The number of amides is 2. The standard InChI is InChI=1S/C24H24ClN5O3/c1-12(2)30-23-19(11-26-30)18(10-21(28-23)17-8-13(3)33-14(17)4)24(32)29-22-9-16(25)6-7-20(22)27-15(5)31/h6-12H,1-5H3,(H,27,31)(H,29,32). The molecule has 8 nitrogen and oxygen atoms in total. The topological polar surface area (TPSA) is 102 Å². The van der Waals surface area contributed by atoms with Crippen LogP contribution in [0.1, 0.15) is 48.7 Å². The maximum atomic E-state index is 13.5. The fourth-order valence-corrected chi connectivity index (χ4v) is 3.89. The number of hydrogen-bond donors (Lipinski definition) is 2. The lowest BCUT2D eigenvalue weighted by Crippen LogP contribution is -2.16. The Labute approximate surface area is 195 Å². The zero-order valence-electron chi connectivity index (χ0n) is 19.0. The number of carbonyl (C=O) groups excluding carboxylic acids is 2. The molecule has 4 aromatic rings. The Hall–Kier alpha value is -3.65. The molecule has 0 atom stereocenters. The number of aryl methyl sites for hydroxylation is 2. The molecule has 0 aliphatic rings. The lowest BCUT2D eigenvalue weighted by Gasteiger charge is -2.13. The number of nitrogens with one attached hydrogen (secondary N) is 2. The first kappa shape index (κ1) is 22.5. The summed E-state index contributed by atoms with van der Waals surface area (Å²) in [5.74, 6) is 0.833. The minimum absolute atomic E-state index is 0.0487. The number of benzene rings is 1. The van der Waals surface area contributed by atoms with E-state index in [-0.39, 0.29) is 17.9 Å². The third-order valence-electron chi connectivity index (χ3n) is 5.16. The number of hydrogen-bond acceptors (Lipinski definition) is 5. The highest BCUT2D eigenvalue weighted by Gasteiger charge is 2.21. The molecule has 9 heteroatoms. The molecule has 170 valence electrons. The first-order valence-corrected chi connectivity index (χ1v) is 10.9. The van der Waals surface area contributed by atoms with Crippen molar-refractivity contribution >= 4 is 45.8 Å². The van der Waals surface area contributed by atoms with E-state index in [1.54, 1.807) is 35.1 Å². The zero-order valence-corrected chi connectivity index (χ0v) is 19.7. The van der Waals surface area contributed by atoms with Gasteiger partial charge in [-0.1, -0.05) is 11.6 Å². The number of rotatable bonds is 5. The summed E-state index contributed by atoms with van der Waals surface area (Å²) < 4.78 is 7.46. The molecular formula is C24H24ClN5O3. The van der Waals surface area contributed by atoms with Crippen molar-refractivity contribution in [3.8, 4) is 11.3 Å². The van der Waals surface area contributed by atoms with Gasteiger partial charge in [0.1, 0.15) is 11.5 Å². The summed E-state index contributed by atoms with van der Waals surface area (Å²) in [5, 5.41) is 11.1. The lowest BCUT2D eigenvalue weighted by atomic mass is 10.1. The molecule has 0 saturated carbocycles. The average molecular weight is 466 g/mol. The van der Waals surface area contributed by atoms with E-state index >= 15 is 0 Å². The number of aromatic nitrogens is 3. The highest BCUT2D eigenvalue weighted by molar-refractivity contribution is 6.31. The lowest BCUT2D eigenvalue weighted by molar-refractivity contribution is -0.114. The molecule has 1 aromatic carbocycles. The van der Waals surface area contributed by atoms with Crippen LogP contribution in [0.3, 0.4) is 0 Å². The van der Waals surface area contributed by atoms with E-state index < -0.39 is 0 Å². The van der Waals surface area contributed by atoms with E-state index in [2.05, 4.69) is 15.7 Å². The van der Waals surface area contributed by atoms with Gasteiger partial charge >= 0.3 is 0 Å². The largest absolute Gasteiger partial charge is 0.466 e. The predicted molar refractivity (Wildman–Crippen MR) is 129 cm³/mol. The van der Waals surface area contributed by atoms with E-state index in [9.17, 15) is 9.59 Å². The van der Waals surface area contributed by atoms with Crippen LogP contribution in [0.25, 0.3) is 22.3 Å². The molecule has 0 radical (unpaired) electrons. The van der Waals surface area contributed by atoms with Crippen LogP contribution in [-0.2, 0) is 4.79 Å². The molecule has 33 heavy (non-hydrogen) atoms. The van der Waals surface area contributed by atoms with Crippen molar-refractivity contribution in [2.24, 2.45) is 0 Å². The van der Waals surface area contributed by atoms with Gasteiger partial charge in [0.15, 0.2) is 5.65 Å². The van der Waals surface area contributed by atoms with Crippen molar-refractivity contribution in [3.63, 3.8) is 0 Å². The van der Waals surface area contributed by atoms with Gasteiger partial charge in [-0.05, 0) is 58.0 Å². The molecule has 0 unspecified atom stereocenters. The fourth-order valence-electron chi connectivity index (χ4n) is 3.72. The van der Waals surface area contributed by atoms with Crippen LogP contribution in [0.15, 0.2) is 40.9 Å². The van der Waals surface area contributed by atoms with Crippen LogP contribution < -0.4 is 10.6 Å². The van der Waals surface area contributed by atoms with Crippen LogP contribution in [0, 0.1) is 13.8 Å². The molecule has 0 spiro atoms. The Bertz CT molecular complexity index is 1390. The van der Waals surface area contributed by atoms with Crippen LogP contribution in [0.5, 0.6) is 0 Å². The van der Waals surface area contributed by atoms with Gasteiger partial charge in [-0.2, -0.15) is 5.10 Å². The molecule has 4 rings (SSSR count). The minimum atomic E-state index is -0.376. The fraction of sp³-hybridized carbons (Fsp3) is 0.250. The SMILES string of the molecule is CC(=O)Nc1ccc(Cl)cc1NC(=O)c1cc(-c2cc(C)oc2C)nc2c1cnn2C(C)C. The molecular weight excluding hydrogens is 442 g/mol. The number of anilines is 2. The monoisotopic (exact) mass is 465 g/mol. The number of carbonyl (C=O) groups is 2. The zero-order chi connectivity index (χ0) is 23.9. The molecule has 3 heterocycles. The minimum Gasteiger partial charge on any atom is -0.466 e. The van der Waals surface area contributed by atoms with Crippen molar-refractivity contribution < 1.29 is 14.0 Å². The van der Waals surface area contributed by atoms with Crippen molar-refractivity contribution in [1.29, 1.82) is 0 Å². The number of nitrogens with zero attached hydrogens (tertiary/aromatic N) is 3. The molecule has 0 aliphatic heterocycles. The van der Waals surface area contributed by atoms with Crippen LogP contribution in [0.4, 0.5) is 11.4 Å². The Morgan fingerprint density at radius 2 is 1.85 bits per heavy atom. The predicted octanol–water partition coefficient (Wildman–Crippen LogP) is 5.75. The van der Waals surface area contributed by atoms with Gasteiger partial charge < -0.3 is 15.1 Å². The molecule has 2 amide bonds. The van der Waals surface area contributed by atoms with E-state index in [1.165, 1.54) is 6.92 Å². The Balaban J connectivity index is 1.85. The number of furan rings is 1. The van der Waals surface area contributed by atoms with Gasteiger partial charge in [-0.3, -0.25) is 9.59 Å². The number of fused-ring (bicyclic) bond motifs is 1. The van der Waals surface area contributed by atoms with Gasteiger partial charge in [-0.15, -0.1) is 0 Å². The third-order valence-corrected chi connectivity index (χ3v) is 5.39. The summed E-state index contributed by atoms with van der Waals surface area (Å²) in [7, 11) is 0. The quantitative estimate of drug-likeness (QED) is 0.390. The second kappa shape index (κ2) is 8.71. The smallest absolute Gasteiger partial charge is 0.256 e. The highest BCUT2D eigenvalue weighted by Crippen LogP contribution is 2.32. The van der Waals surface area contributed by atoms with Crippen LogP contribution in [0.2, 0.25) is 5.02 Å². The van der Waals surface area contributed by atoms with Gasteiger partial charge in [0.25, 0.3) is 5.91 Å². The van der Waals surface area contributed by atoms with E-state index in [0.29, 0.717) is 44.4 Å². The second-order valence-electron chi connectivity index (χ2n) is 8.13. The van der Waals surface area contributed by atoms with Gasteiger partial charge in [0.2, 0.25) is 5.91 Å². The summed E-state index contributed by atoms with van der Waals surface area (Å²) in [4.78, 5) is 29.9. The first-order valence-electron chi connectivity index (χ1n) is 10.5. The maximum Gasteiger partial charge on any atom is 0.256 e. The summed E-state index contributed by atoms with van der Waals surface area (Å²) in [6, 6.07) is 8.54. The van der Waals surface area contributed by atoms with Crippen LogP contribution in [-0.4, -0.2) is 26.6 Å². The summed E-state index contributed by atoms with van der Waals surface area (Å²) in [5.41, 5.74) is 3.25. The number of halogens is 1. The van der Waals surface area contributed by atoms with Gasteiger partial charge in [0, 0.05) is 23.6 Å². The van der Waals surface area contributed by atoms with E-state index in [0.717, 1.165) is 11.3 Å². The summed E-state index contributed by atoms with van der Waals surface area (Å²) >= 11 is 6.14. The molecule has 0 fully saturated rings. The van der Waals surface area contributed by atoms with E-state index in [1.807, 2.05) is 33.8 Å². The molecule has 0 aliphatic carbocycles. The van der Waals surface area contributed by atoms with Crippen molar-refractivity contribution in [2.75, 3.05) is 10.6 Å². The Morgan fingerprint density at radius 3 is 2.48 bits per heavy atom. The molecule has 0 saturated heterocycles. The maximum absolute atomic E-state index is 13.5. The summed E-state index contributed by atoms with van der Waals surface area (Å²) in [6.07, 6.45) is 1.64. The molecule has 3 aromatic heterocycles. The van der Waals surface area contributed by atoms with Crippen molar-refractivity contribution in [1.82, 2.24) is 14.8 Å². The molecule has 2 N–H and O–H groups in total. The second-order valence-corrected chi connectivity index (χ2v) is 8.56. The normalized spacial score (nSPS) is 11.2. The van der Waals surface area contributed by atoms with Gasteiger partial charge in [-0.25, -0.2) is 9.67 Å². The third kappa shape index (κ3) is 4.47. The van der Waals surface area contributed by atoms with Crippen LogP contribution >= 0.6 is 11.6 Å². The van der Waals surface area contributed by atoms with Crippen molar-refractivity contribution in [3.05, 3.63) is 58.6 Å². The van der Waals surface area contributed by atoms with E-state index in [4.69, 9.17) is 21.0 Å². The van der Waals surface area contributed by atoms with Crippen molar-refractivity contribution in [2.45, 2.75) is 40.7 Å². The number of pyridine rings is 1. The first-order chi connectivity index (χ1) is 15.6.